The van der Waals surface area contributed by atoms with E-state index in [0.29, 0.717) is 37.5 Å². The number of sulfone groups is 1. The molecule has 0 unspecified atom stereocenters. The molecule has 0 saturated carbocycles. The van der Waals surface area contributed by atoms with Crippen LogP contribution in [0.15, 0.2) is 31.1 Å². The van der Waals surface area contributed by atoms with E-state index in [-0.39, 0.29) is 17.4 Å². The van der Waals surface area contributed by atoms with Gasteiger partial charge in [-0.2, -0.15) is 0 Å². The van der Waals surface area contributed by atoms with Crippen molar-refractivity contribution in [3.05, 3.63) is 47.8 Å². The van der Waals surface area contributed by atoms with Crippen molar-refractivity contribution in [3.8, 4) is 5.75 Å². The van der Waals surface area contributed by atoms with Crippen LogP contribution in [-0.2, 0) is 21.2 Å². The SMILES string of the molecule is C=CC(=O)N1CC[C@H](N2CC(c3cc(C)c4c(c3)Nc3ncnc(N5CCS(=O)(=O)CC5)c3CO4)C2)C1. The smallest absolute Gasteiger partial charge is 0.246 e. The number of hydrogen-bond donors (Lipinski definition) is 1. The van der Waals surface area contributed by atoms with E-state index in [9.17, 15) is 13.2 Å². The zero-order chi connectivity index (χ0) is 25.7. The highest BCUT2D eigenvalue weighted by Gasteiger charge is 2.38. The van der Waals surface area contributed by atoms with Gasteiger partial charge in [0.25, 0.3) is 0 Å². The summed E-state index contributed by atoms with van der Waals surface area (Å²) in [6, 6.07) is 4.79. The Bertz CT molecular complexity index is 1340. The van der Waals surface area contributed by atoms with E-state index in [1.807, 2.05) is 9.80 Å². The Morgan fingerprint density at radius 1 is 1.16 bits per heavy atom. The molecule has 6 rings (SSSR count). The van der Waals surface area contributed by atoms with E-state index >= 15 is 0 Å². The fourth-order valence-electron chi connectivity index (χ4n) is 5.83. The molecule has 1 aromatic carbocycles. The highest BCUT2D eigenvalue weighted by Crippen LogP contribution is 2.42. The molecule has 4 aliphatic rings. The van der Waals surface area contributed by atoms with Gasteiger partial charge in [-0.3, -0.25) is 9.69 Å². The fourth-order valence-corrected chi connectivity index (χ4v) is 7.03. The van der Waals surface area contributed by atoms with Crippen LogP contribution in [0.25, 0.3) is 0 Å². The van der Waals surface area contributed by atoms with Gasteiger partial charge >= 0.3 is 0 Å². The number of nitrogens with zero attached hydrogens (tertiary/aromatic N) is 5. The summed E-state index contributed by atoms with van der Waals surface area (Å²) >= 11 is 0. The van der Waals surface area contributed by atoms with Crippen LogP contribution in [-0.4, -0.2) is 90.9 Å². The molecule has 1 atom stereocenters. The predicted octanol–water partition coefficient (Wildman–Crippen LogP) is 1.84. The van der Waals surface area contributed by atoms with Crippen LogP contribution in [0.3, 0.4) is 0 Å². The van der Waals surface area contributed by atoms with E-state index in [2.05, 4.69) is 45.8 Å². The Hall–Kier alpha value is -3.18. The normalized spacial score (nSPS) is 23.2. The van der Waals surface area contributed by atoms with Crippen molar-refractivity contribution in [2.24, 2.45) is 0 Å². The lowest BCUT2D eigenvalue weighted by Gasteiger charge is -2.43. The van der Waals surface area contributed by atoms with Gasteiger partial charge in [0.2, 0.25) is 5.91 Å². The summed E-state index contributed by atoms with van der Waals surface area (Å²) in [6.45, 7) is 10.3. The standard InChI is InChI=1S/C26H32N6O4S/c1-3-23(33)31-5-4-20(14-31)32-12-19(13-32)18-10-17(2)24-22(11-18)29-25-21(15-36-24)26(28-16-27-25)30-6-8-37(34,35)9-7-30/h3,10-11,16,19-20H,1,4-9,12-15H2,2H3,(H,27,28,29)/t20-/m0/s1. The molecule has 0 aliphatic carbocycles. The third-order valence-corrected chi connectivity index (χ3v) is 9.63. The van der Waals surface area contributed by atoms with Crippen LogP contribution in [0.4, 0.5) is 17.3 Å². The van der Waals surface area contributed by atoms with Crippen LogP contribution >= 0.6 is 0 Å². The number of benzene rings is 1. The van der Waals surface area contributed by atoms with Crippen molar-refractivity contribution in [2.75, 3.05) is 61.0 Å². The monoisotopic (exact) mass is 524 g/mol. The van der Waals surface area contributed by atoms with Crippen molar-refractivity contribution in [3.63, 3.8) is 0 Å². The number of aryl methyl sites for hydroxylation is 1. The molecule has 196 valence electrons. The minimum atomic E-state index is -2.99. The van der Waals surface area contributed by atoms with E-state index in [1.165, 1.54) is 18.0 Å². The average molecular weight is 525 g/mol. The number of carbonyl (C=O) groups is 1. The summed E-state index contributed by atoms with van der Waals surface area (Å²) in [5.74, 6) is 2.93. The van der Waals surface area contributed by atoms with Gasteiger partial charge in [-0.25, -0.2) is 18.4 Å². The Morgan fingerprint density at radius 3 is 2.70 bits per heavy atom. The van der Waals surface area contributed by atoms with Crippen molar-refractivity contribution in [1.29, 1.82) is 0 Å². The Morgan fingerprint density at radius 2 is 1.95 bits per heavy atom. The molecular formula is C26H32N6O4S. The Balaban J connectivity index is 1.18. The number of rotatable bonds is 4. The number of carbonyl (C=O) groups excluding carboxylic acids is 1. The van der Waals surface area contributed by atoms with Crippen LogP contribution in [0.1, 0.15) is 29.0 Å². The topological polar surface area (TPSA) is 108 Å². The maximum absolute atomic E-state index is 11.9. The molecular weight excluding hydrogens is 492 g/mol. The first-order valence-corrected chi connectivity index (χ1v) is 14.6. The molecule has 11 heteroatoms. The lowest BCUT2D eigenvalue weighted by molar-refractivity contribution is -0.125. The molecule has 0 spiro atoms. The second-order valence-corrected chi connectivity index (χ2v) is 12.7. The van der Waals surface area contributed by atoms with Crippen molar-refractivity contribution < 1.29 is 17.9 Å². The van der Waals surface area contributed by atoms with Crippen LogP contribution < -0.4 is 15.0 Å². The molecule has 3 fully saturated rings. The minimum absolute atomic E-state index is 0.0181. The second-order valence-electron chi connectivity index (χ2n) is 10.4. The zero-order valence-electron chi connectivity index (χ0n) is 21.0. The predicted molar refractivity (Wildman–Crippen MR) is 141 cm³/mol. The molecule has 2 aromatic rings. The first-order chi connectivity index (χ1) is 17.8. The first kappa shape index (κ1) is 24.2. The van der Waals surface area contributed by atoms with Crippen LogP contribution in [0.2, 0.25) is 0 Å². The number of aromatic nitrogens is 2. The molecule has 1 N–H and O–H groups in total. The highest BCUT2D eigenvalue weighted by atomic mass is 32.2. The molecule has 3 saturated heterocycles. The number of ether oxygens (including phenoxy) is 1. The second kappa shape index (κ2) is 9.29. The van der Waals surface area contributed by atoms with Gasteiger partial charge in [0, 0.05) is 51.2 Å². The lowest BCUT2D eigenvalue weighted by Crippen LogP contribution is -2.51. The van der Waals surface area contributed by atoms with E-state index in [1.54, 1.807) is 0 Å². The van der Waals surface area contributed by atoms with Crippen LogP contribution in [0, 0.1) is 6.92 Å². The molecule has 0 radical (unpaired) electrons. The van der Waals surface area contributed by atoms with Gasteiger partial charge in [-0.15, -0.1) is 0 Å². The van der Waals surface area contributed by atoms with Crippen molar-refractivity contribution in [2.45, 2.75) is 31.9 Å². The number of nitrogens with one attached hydrogen (secondary N) is 1. The average Bonchev–Trinajstić information content (AvgIpc) is 3.24. The molecule has 1 aromatic heterocycles. The van der Waals surface area contributed by atoms with Crippen LogP contribution in [0.5, 0.6) is 5.75 Å². The number of hydrogen-bond acceptors (Lipinski definition) is 9. The van der Waals surface area contributed by atoms with E-state index in [0.717, 1.165) is 61.0 Å². The van der Waals surface area contributed by atoms with Gasteiger partial charge in [0.1, 0.15) is 30.3 Å². The summed E-state index contributed by atoms with van der Waals surface area (Å²) < 4.78 is 30.1. The van der Waals surface area contributed by atoms with Gasteiger partial charge in [-0.1, -0.05) is 12.6 Å². The molecule has 37 heavy (non-hydrogen) atoms. The molecule has 5 heterocycles. The molecule has 1 amide bonds. The van der Waals surface area contributed by atoms with Gasteiger partial charge < -0.3 is 19.9 Å². The molecule has 10 nitrogen and oxygen atoms in total. The summed E-state index contributed by atoms with van der Waals surface area (Å²) in [4.78, 5) is 27.3. The largest absolute Gasteiger partial charge is 0.486 e. The van der Waals surface area contributed by atoms with Gasteiger partial charge in [0.05, 0.1) is 22.8 Å². The number of fused-ring (bicyclic) bond motifs is 2. The molecule has 4 aliphatic heterocycles. The number of anilines is 3. The Kier molecular flexibility index (Phi) is 6.07. The fraction of sp³-hybridized carbons (Fsp3) is 0.500. The lowest BCUT2D eigenvalue weighted by atomic mass is 9.88. The quantitative estimate of drug-likeness (QED) is 0.600. The zero-order valence-corrected chi connectivity index (χ0v) is 21.8. The first-order valence-electron chi connectivity index (χ1n) is 12.8. The Labute approximate surface area is 217 Å². The summed E-state index contributed by atoms with van der Waals surface area (Å²) in [5, 5.41) is 3.49. The maximum Gasteiger partial charge on any atom is 0.246 e. The minimum Gasteiger partial charge on any atom is -0.486 e. The van der Waals surface area contributed by atoms with Gasteiger partial charge in [0.15, 0.2) is 9.84 Å². The molecule has 0 bridgehead atoms. The number of likely N-dealkylation sites (tertiary alicyclic amines) is 2. The summed E-state index contributed by atoms with van der Waals surface area (Å²) in [5.41, 5.74) is 4.06. The van der Waals surface area contributed by atoms with Gasteiger partial charge in [-0.05, 0) is 36.6 Å². The summed E-state index contributed by atoms with van der Waals surface area (Å²) in [6.07, 6.45) is 3.93. The maximum atomic E-state index is 11.9. The highest BCUT2D eigenvalue weighted by molar-refractivity contribution is 7.91. The van der Waals surface area contributed by atoms with Crippen molar-refractivity contribution in [1.82, 2.24) is 19.8 Å². The third kappa shape index (κ3) is 4.54. The summed E-state index contributed by atoms with van der Waals surface area (Å²) in [7, 11) is -2.99. The van der Waals surface area contributed by atoms with Crippen molar-refractivity contribution >= 4 is 33.1 Å². The third-order valence-electron chi connectivity index (χ3n) is 8.02. The van der Waals surface area contributed by atoms with E-state index < -0.39 is 9.84 Å². The van der Waals surface area contributed by atoms with E-state index in [4.69, 9.17) is 4.74 Å². The number of amides is 1.